The fraction of sp³-hybridized carbons (Fsp3) is 0.571. The van der Waals surface area contributed by atoms with Crippen molar-refractivity contribution in [3.05, 3.63) is 21.2 Å². The molecule has 6 nitrogen and oxygen atoms in total. The van der Waals surface area contributed by atoms with Crippen LogP contribution in [0.3, 0.4) is 0 Å². The van der Waals surface area contributed by atoms with Crippen LogP contribution in [0.25, 0.3) is 10.4 Å². The number of fused-ring (bicyclic) bond motifs is 1. The zero-order valence-electron chi connectivity index (χ0n) is 7.18. The van der Waals surface area contributed by atoms with Gasteiger partial charge in [-0.3, -0.25) is 4.79 Å². The summed E-state index contributed by atoms with van der Waals surface area (Å²) in [4.78, 5) is 15.6. The van der Waals surface area contributed by atoms with Crippen LogP contribution in [0, 0.1) is 0 Å². The maximum atomic E-state index is 11.5. The molecular formula is C7H7ClN4O2. The molecule has 2 aliphatic heterocycles. The normalized spacial score (nSPS) is 26.2. The van der Waals surface area contributed by atoms with Gasteiger partial charge >= 0.3 is 0 Å². The summed E-state index contributed by atoms with van der Waals surface area (Å²) in [7, 11) is 0. The van der Waals surface area contributed by atoms with E-state index in [1.165, 1.54) is 4.90 Å². The Kier molecular flexibility index (Phi) is 2.33. The number of carbonyl (C=O) groups excluding carboxylic acids is 1. The Labute approximate surface area is 84.7 Å². The van der Waals surface area contributed by atoms with Crippen molar-refractivity contribution in [2.24, 2.45) is 5.11 Å². The van der Waals surface area contributed by atoms with E-state index in [0.29, 0.717) is 13.2 Å². The highest BCUT2D eigenvalue weighted by atomic mass is 35.5. The fourth-order valence-electron chi connectivity index (χ4n) is 1.56. The lowest BCUT2D eigenvalue weighted by molar-refractivity contribution is -0.140. The number of rotatable bonds is 1. The van der Waals surface area contributed by atoms with Gasteiger partial charge in [0.05, 0.1) is 12.3 Å². The molecule has 2 aliphatic rings. The highest BCUT2D eigenvalue weighted by molar-refractivity contribution is 6.43. The Morgan fingerprint density at radius 1 is 1.71 bits per heavy atom. The molecule has 0 spiro atoms. The topological polar surface area (TPSA) is 78.3 Å². The van der Waals surface area contributed by atoms with Gasteiger partial charge in [0.2, 0.25) is 0 Å². The third kappa shape index (κ3) is 1.24. The van der Waals surface area contributed by atoms with Crippen LogP contribution < -0.4 is 0 Å². The number of carbonyl (C=O) groups is 1. The van der Waals surface area contributed by atoms with Crippen LogP contribution in [0.2, 0.25) is 0 Å². The van der Waals surface area contributed by atoms with Gasteiger partial charge in [0.15, 0.2) is 6.23 Å². The number of halogens is 1. The van der Waals surface area contributed by atoms with Crippen molar-refractivity contribution in [3.63, 3.8) is 0 Å². The van der Waals surface area contributed by atoms with Crippen LogP contribution in [0.5, 0.6) is 0 Å². The molecule has 0 aromatic heterocycles. The Hall–Kier alpha value is -1.23. The van der Waals surface area contributed by atoms with E-state index in [-0.39, 0.29) is 16.6 Å². The zero-order valence-corrected chi connectivity index (χ0v) is 7.94. The van der Waals surface area contributed by atoms with E-state index in [1.54, 1.807) is 0 Å². The molecule has 0 aromatic rings. The maximum Gasteiger partial charge on any atom is 0.267 e. The van der Waals surface area contributed by atoms with Crippen molar-refractivity contribution in [1.29, 1.82) is 0 Å². The predicted molar refractivity (Wildman–Crippen MR) is 48.1 cm³/mol. The predicted octanol–water partition coefficient (Wildman–Crippen LogP) is 1.34. The average molecular weight is 215 g/mol. The first-order valence-electron chi connectivity index (χ1n) is 4.13. The van der Waals surface area contributed by atoms with E-state index in [1.807, 2.05) is 0 Å². The summed E-state index contributed by atoms with van der Waals surface area (Å²) >= 11 is 5.73. The second kappa shape index (κ2) is 3.49. The van der Waals surface area contributed by atoms with Crippen molar-refractivity contribution in [2.45, 2.75) is 12.6 Å². The fourth-order valence-corrected chi connectivity index (χ4v) is 1.80. The number of hydrogen-bond acceptors (Lipinski definition) is 3. The number of ether oxygens (including phenoxy) is 1. The molecule has 0 N–H and O–H groups in total. The van der Waals surface area contributed by atoms with E-state index >= 15 is 0 Å². The van der Waals surface area contributed by atoms with E-state index in [2.05, 4.69) is 10.0 Å². The summed E-state index contributed by atoms with van der Waals surface area (Å²) in [5, 5.41) is 3.35. The summed E-state index contributed by atoms with van der Waals surface area (Å²) < 4.78 is 5.31. The molecule has 74 valence electrons. The molecule has 1 unspecified atom stereocenters. The molecule has 0 aliphatic carbocycles. The van der Waals surface area contributed by atoms with E-state index in [4.69, 9.17) is 21.9 Å². The lowest BCUT2D eigenvalue weighted by atomic mass is 10.3. The molecule has 0 saturated carbocycles. The quantitative estimate of drug-likeness (QED) is 0.375. The SMILES string of the molecule is [N-]=[N+]=NC1=C(Cl)C(=O)N2CCCOC12. The molecule has 1 fully saturated rings. The monoisotopic (exact) mass is 214 g/mol. The summed E-state index contributed by atoms with van der Waals surface area (Å²) in [5.74, 6) is -0.321. The molecular weight excluding hydrogens is 208 g/mol. The van der Waals surface area contributed by atoms with Gasteiger partial charge in [-0.15, -0.1) is 0 Å². The molecule has 2 heterocycles. The molecule has 14 heavy (non-hydrogen) atoms. The van der Waals surface area contributed by atoms with Crippen molar-refractivity contribution in [2.75, 3.05) is 13.2 Å². The van der Waals surface area contributed by atoms with E-state index in [9.17, 15) is 4.79 Å². The summed E-state index contributed by atoms with van der Waals surface area (Å²) in [6, 6.07) is 0. The lowest BCUT2D eigenvalue weighted by Crippen LogP contribution is -2.42. The van der Waals surface area contributed by atoms with Crippen LogP contribution in [0.15, 0.2) is 15.8 Å². The molecule has 0 aromatic carbocycles. The first-order chi connectivity index (χ1) is 6.75. The minimum absolute atomic E-state index is 0.0327. The molecule has 7 heteroatoms. The Bertz CT molecular complexity index is 361. The van der Waals surface area contributed by atoms with Gasteiger partial charge in [0, 0.05) is 11.5 Å². The standard InChI is InChI=1S/C7H7ClN4O2/c8-4-5(10-11-9)7-12(6(4)13)2-1-3-14-7/h7H,1-3H2. The summed E-state index contributed by atoms with van der Waals surface area (Å²) in [6.07, 6.45) is 0.190. The summed E-state index contributed by atoms with van der Waals surface area (Å²) in [5.41, 5.74) is 8.48. The van der Waals surface area contributed by atoms with Crippen molar-refractivity contribution in [1.82, 2.24) is 4.90 Å². The smallest absolute Gasteiger partial charge is 0.267 e. The molecule has 2 rings (SSSR count). The van der Waals surface area contributed by atoms with Gasteiger partial charge < -0.3 is 9.64 Å². The Balaban J connectivity index is 2.37. The van der Waals surface area contributed by atoms with Gasteiger partial charge in [0.1, 0.15) is 5.03 Å². The minimum atomic E-state index is -0.584. The van der Waals surface area contributed by atoms with Crippen LogP contribution in [-0.2, 0) is 9.53 Å². The lowest BCUT2D eigenvalue weighted by Gasteiger charge is -2.30. The van der Waals surface area contributed by atoms with Crippen LogP contribution in [0.4, 0.5) is 0 Å². The van der Waals surface area contributed by atoms with Crippen LogP contribution >= 0.6 is 11.6 Å². The molecule has 0 radical (unpaired) electrons. The van der Waals surface area contributed by atoms with Gasteiger partial charge in [-0.25, -0.2) is 0 Å². The van der Waals surface area contributed by atoms with Crippen LogP contribution in [0.1, 0.15) is 6.42 Å². The third-order valence-corrected chi connectivity index (χ3v) is 2.52. The molecule has 1 atom stereocenters. The highest BCUT2D eigenvalue weighted by Gasteiger charge is 2.40. The number of hydrogen-bond donors (Lipinski definition) is 0. The first-order valence-corrected chi connectivity index (χ1v) is 4.51. The highest BCUT2D eigenvalue weighted by Crippen LogP contribution is 2.32. The largest absolute Gasteiger partial charge is 0.354 e. The van der Waals surface area contributed by atoms with Gasteiger partial charge in [-0.2, -0.15) is 0 Å². The van der Waals surface area contributed by atoms with Crippen molar-refractivity contribution in [3.8, 4) is 0 Å². The van der Waals surface area contributed by atoms with E-state index in [0.717, 1.165) is 6.42 Å². The first kappa shape index (κ1) is 9.33. The maximum absolute atomic E-state index is 11.5. The number of azide groups is 1. The number of amides is 1. The third-order valence-electron chi connectivity index (χ3n) is 2.16. The Morgan fingerprint density at radius 2 is 2.50 bits per heavy atom. The second-order valence-electron chi connectivity index (χ2n) is 2.96. The molecule has 1 amide bonds. The average Bonchev–Trinajstić information content (AvgIpc) is 2.45. The second-order valence-corrected chi connectivity index (χ2v) is 3.34. The van der Waals surface area contributed by atoms with Crippen LogP contribution in [-0.4, -0.2) is 30.2 Å². The zero-order chi connectivity index (χ0) is 10.1. The van der Waals surface area contributed by atoms with Gasteiger partial charge in [0.25, 0.3) is 5.91 Å². The molecule has 1 saturated heterocycles. The van der Waals surface area contributed by atoms with Crippen molar-refractivity contribution < 1.29 is 9.53 Å². The molecule has 0 bridgehead atoms. The van der Waals surface area contributed by atoms with Gasteiger partial charge in [-0.05, 0) is 12.0 Å². The number of nitrogens with zero attached hydrogens (tertiary/aromatic N) is 4. The van der Waals surface area contributed by atoms with Crippen molar-refractivity contribution >= 4 is 17.5 Å². The minimum Gasteiger partial charge on any atom is -0.354 e. The Morgan fingerprint density at radius 3 is 3.21 bits per heavy atom. The summed E-state index contributed by atoms with van der Waals surface area (Å²) in [6.45, 7) is 1.13. The van der Waals surface area contributed by atoms with E-state index < -0.39 is 6.23 Å². The van der Waals surface area contributed by atoms with Gasteiger partial charge in [-0.1, -0.05) is 16.7 Å².